The minimum Gasteiger partial charge on any atom is -0.461 e. The van der Waals surface area contributed by atoms with Crippen LogP contribution in [0.5, 0.6) is 0 Å². The average Bonchev–Trinajstić information content (AvgIpc) is 3.26. The lowest BCUT2D eigenvalue weighted by Crippen LogP contribution is -2.37. The molecule has 0 aliphatic carbocycles. The van der Waals surface area contributed by atoms with Crippen molar-refractivity contribution in [3.63, 3.8) is 0 Å². The molecule has 0 saturated carbocycles. The zero-order chi connectivity index (χ0) is 18.7. The van der Waals surface area contributed by atoms with Crippen LogP contribution >= 0.6 is 11.3 Å². The zero-order valence-corrected chi connectivity index (χ0v) is 15.7. The fourth-order valence-electron chi connectivity index (χ4n) is 2.64. The van der Waals surface area contributed by atoms with Gasteiger partial charge in [-0.05, 0) is 38.0 Å². The molecule has 0 atom stereocenters. The van der Waals surface area contributed by atoms with Crippen molar-refractivity contribution < 1.29 is 14.0 Å². The predicted molar refractivity (Wildman–Crippen MR) is 100 cm³/mol. The molecule has 3 aromatic heterocycles. The van der Waals surface area contributed by atoms with Gasteiger partial charge >= 0.3 is 0 Å². The number of hydrogen-bond donors (Lipinski definition) is 2. The molecule has 26 heavy (non-hydrogen) atoms. The van der Waals surface area contributed by atoms with E-state index in [9.17, 15) is 9.59 Å². The highest BCUT2D eigenvalue weighted by Crippen LogP contribution is 2.32. The second-order valence-corrected chi connectivity index (χ2v) is 6.88. The Morgan fingerprint density at radius 2 is 2.04 bits per heavy atom. The lowest BCUT2D eigenvalue weighted by Gasteiger charge is -2.05. The fourth-order valence-corrected chi connectivity index (χ4v) is 3.79. The van der Waals surface area contributed by atoms with Crippen LogP contribution in [0.25, 0.3) is 21.8 Å². The Hall–Kier alpha value is -2.74. The molecule has 0 bridgehead atoms. The number of amides is 2. The number of nitrogens with one attached hydrogen (secondary N) is 2. The van der Waals surface area contributed by atoms with Crippen LogP contribution in [0.15, 0.2) is 22.8 Å². The Balaban J connectivity index is 1.85. The molecular formula is C18H20N4O3S. The van der Waals surface area contributed by atoms with Crippen LogP contribution in [0.2, 0.25) is 0 Å². The van der Waals surface area contributed by atoms with Crippen LogP contribution in [0, 0.1) is 13.8 Å². The molecule has 8 heteroatoms. The number of fused-ring (bicyclic) bond motifs is 1. The van der Waals surface area contributed by atoms with Crippen molar-refractivity contribution in [2.24, 2.45) is 0 Å². The predicted octanol–water partition coefficient (Wildman–Crippen LogP) is 2.82. The minimum atomic E-state index is -0.281. The summed E-state index contributed by atoms with van der Waals surface area (Å²) in [5.41, 5.74) is 1.61. The van der Waals surface area contributed by atoms with E-state index < -0.39 is 0 Å². The molecule has 0 aromatic carbocycles. The van der Waals surface area contributed by atoms with Gasteiger partial charge in [0.1, 0.15) is 4.83 Å². The first kappa shape index (κ1) is 18.1. The molecule has 136 valence electrons. The molecule has 0 saturated heterocycles. The number of hydrogen-bond acceptors (Lipinski definition) is 6. The SMILES string of the molecule is CCCNC(=O)CNC(=O)c1sc2nc(-c3ccco3)nc(C)c2c1C. The van der Waals surface area contributed by atoms with Gasteiger partial charge in [-0.2, -0.15) is 0 Å². The maximum atomic E-state index is 12.5. The first-order chi connectivity index (χ1) is 12.5. The van der Waals surface area contributed by atoms with Crippen molar-refractivity contribution in [2.75, 3.05) is 13.1 Å². The first-order valence-corrected chi connectivity index (χ1v) is 9.19. The van der Waals surface area contributed by atoms with Gasteiger partial charge in [-0.3, -0.25) is 9.59 Å². The third kappa shape index (κ3) is 3.60. The third-order valence-corrected chi connectivity index (χ3v) is 5.08. The molecule has 0 spiro atoms. The Morgan fingerprint density at radius 1 is 1.23 bits per heavy atom. The molecule has 2 amide bonds. The summed E-state index contributed by atoms with van der Waals surface area (Å²) in [5.74, 6) is 0.595. The van der Waals surface area contributed by atoms with Crippen molar-refractivity contribution in [1.82, 2.24) is 20.6 Å². The molecule has 3 rings (SSSR count). The number of nitrogens with zero attached hydrogens (tertiary/aromatic N) is 2. The van der Waals surface area contributed by atoms with Gasteiger partial charge in [-0.1, -0.05) is 6.92 Å². The molecule has 2 N–H and O–H groups in total. The maximum Gasteiger partial charge on any atom is 0.262 e. The maximum absolute atomic E-state index is 12.5. The topological polar surface area (TPSA) is 97.1 Å². The molecule has 7 nitrogen and oxygen atoms in total. The van der Waals surface area contributed by atoms with Gasteiger partial charge in [0.2, 0.25) is 5.91 Å². The highest BCUT2D eigenvalue weighted by Gasteiger charge is 2.20. The van der Waals surface area contributed by atoms with E-state index in [1.807, 2.05) is 20.8 Å². The lowest BCUT2D eigenvalue weighted by atomic mass is 10.1. The largest absolute Gasteiger partial charge is 0.461 e. The van der Waals surface area contributed by atoms with Gasteiger partial charge in [0.05, 0.1) is 23.4 Å². The number of carbonyl (C=O) groups excluding carboxylic acids is 2. The van der Waals surface area contributed by atoms with Crippen LogP contribution in [0.4, 0.5) is 0 Å². The van der Waals surface area contributed by atoms with Crippen LogP contribution in [0.1, 0.15) is 34.3 Å². The van der Waals surface area contributed by atoms with Crippen molar-refractivity contribution in [1.29, 1.82) is 0 Å². The number of carbonyl (C=O) groups is 2. The van der Waals surface area contributed by atoms with E-state index in [0.29, 0.717) is 23.0 Å². The van der Waals surface area contributed by atoms with E-state index in [1.165, 1.54) is 11.3 Å². The highest BCUT2D eigenvalue weighted by molar-refractivity contribution is 7.20. The average molecular weight is 372 g/mol. The molecule has 3 heterocycles. The second kappa shape index (κ2) is 7.65. The summed E-state index contributed by atoms with van der Waals surface area (Å²) >= 11 is 1.29. The monoisotopic (exact) mass is 372 g/mol. The zero-order valence-electron chi connectivity index (χ0n) is 14.9. The second-order valence-electron chi connectivity index (χ2n) is 5.88. The smallest absolute Gasteiger partial charge is 0.262 e. The number of thiophene rings is 1. The van der Waals surface area contributed by atoms with Gasteiger partial charge in [0, 0.05) is 11.9 Å². The summed E-state index contributed by atoms with van der Waals surface area (Å²) in [6, 6.07) is 3.57. The van der Waals surface area contributed by atoms with E-state index in [4.69, 9.17) is 4.42 Å². The Labute approximate surface area is 154 Å². The van der Waals surface area contributed by atoms with Gasteiger partial charge in [-0.25, -0.2) is 9.97 Å². The standard InChI is InChI=1S/C18H20N4O3S/c1-4-7-19-13(23)9-20-17(24)15-10(2)14-11(3)21-16(22-18(14)26-15)12-6-5-8-25-12/h5-6,8H,4,7,9H2,1-3H3,(H,19,23)(H,20,24). The van der Waals surface area contributed by atoms with E-state index in [0.717, 1.165) is 27.9 Å². The summed E-state index contributed by atoms with van der Waals surface area (Å²) in [6.07, 6.45) is 2.42. The van der Waals surface area contributed by atoms with E-state index >= 15 is 0 Å². The van der Waals surface area contributed by atoms with Gasteiger partial charge < -0.3 is 15.1 Å². The van der Waals surface area contributed by atoms with Crippen molar-refractivity contribution >= 4 is 33.4 Å². The van der Waals surface area contributed by atoms with Crippen LogP contribution < -0.4 is 10.6 Å². The van der Waals surface area contributed by atoms with Gasteiger partial charge in [-0.15, -0.1) is 11.3 Å². The summed E-state index contributed by atoms with van der Waals surface area (Å²) < 4.78 is 5.36. The Kier molecular flexibility index (Phi) is 5.32. The van der Waals surface area contributed by atoms with Crippen molar-refractivity contribution in [3.05, 3.63) is 34.5 Å². The van der Waals surface area contributed by atoms with Gasteiger partial charge in [0.25, 0.3) is 5.91 Å². The van der Waals surface area contributed by atoms with Crippen LogP contribution in [0.3, 0.4) is 0 Å². The molecule has 0 fully saturated rings. The van der Waals surface area contributed by atoms with Gasteiger partial charge in [0.15, 0.2) is 11.6 Å². The number of aromatic nitrogens is 2. The lowest BCUT2D eigenvalue weighted by molar-refractivity contribution is -0.120. The van der Waals surface area contributed by atoms with E-state index in [2.05, 4.69) is 20.6 Å². The molecule has 0 aliphatic rings. The highest BCUT2D eigenvalue weighted by atomic mass is 32.1. The molecule has 3 aromatic rings. The third-order valence-electron chi connectivity index (χ3n) is 3.90. The minimum absolute atomic E-state index is 0.0468. The number of furan rings is 1. The summed E-state index contributed by atoms with van der Waals surface area (Å²) in [5, 5.41) is 6.26. The quantitative estimate of drug-likeness (QED) is 0.693. The fraction of sp³-hybridized carbons (Fsp3) is 0.333. The van der Waals surface area contributed by atoms with Crippen molar-refractivity contribution in [2.45, 2.75) is 27.2 Å². The normalized spacial score (nSPS) is 10.9. The van der Waals surface area contributed by atoms with E-state index in [-0.39, 0.29) is 18.4 Å². The number of aryl methyl sites for hydroxylation is 2. The van der Waals surface area contributed by atoms with Crippen molar-refractivity contribution in [3.8, 4) is 11.6 Å². The summed E-state index contributed by atoms with van der Waals surface area (Å²) in [7, 11) is 0. The molecule has 0 unspecified atom stereocenters. The Bertz CT molecular complexity index is 947. The summed E-state index contributed by atoms with van der Waals surface area (Å²) in [4.78, 5) is 34.4. The molecule has 0 radical (unpaired) electrons. The number of rotatable bonds is 6. The summed E-state index contributed by atoms with van der Waals surface area (Å²) in [6.45, 7) is 6.28. The molecule has 0 aliphatic heterocycles. The van der Waals surface area contributed by atoms with Crippen LogP contribution in [-0.2, 0) is 4.79 Å². The van der Waals surface area contributed by atoms with Crippen LogP contribution in [-0.4, -0.2) is 34.9 Å². The first-order valence-electron chi connectivity index (χ1n) is 8.37. The van der Waals surface area contributed by atoms with E-state index in [1.54, 1.807) is 18.4 Å². The molecular weight excluding hydrogens is 352 g/mol. The Morgan fingerprint density at radius 3 is 2.73 bits per heavy atom.